The number of hydrogen-bond acceptors (Lipinski definition) is 5. The average molecular weight is 399 g/mol. The van der Waals surface area contributed by atoms with Gasteiger partial charge in [-0.05, 0) is 44.9 Å². The third-order valence-corrected chi connectivity index (χ3v) is 5.81. The number of halogens is 2. The maximum Gasteiger partial charge on any atom is 0.245 e. The normalized spacial score (nSPS) is 19.6. The number of piperidine rings is 1. The number of nitrogens with zero attached hydrogens (tertiary/aromatic N) is 3. The molecule has 26 heavy (non-hydrogen) atoms. The van der Waals surface area contributed by atoms with Crippen LogP contribution in [0.2, 0.25) is 10.0 Å². The molecule has 0 aromatic heterocycles. The van der Waals surface area contributed by atoms with Crippen molar-refractivity contribution in [3.05, 3.63) is 28.2 Å². The third-order valence-electron chi connectivity index (χ3n) is 5.07. The smallest absolute Gasteiger partial charge is 0.245 e. The van der Waals surface area contributed by atoms with Gasteiger partial charge in [0.1, 0.15) is 5.84 Å². The summed E-state index contributed by atoms with van der Waals surface area (Å²) in [5.41, 5.74) is 0.188. The lowest BCUT2D eigenvalue weighted by atomic mass is 9.96. The first-order valence-electron chi connectivity index (χ1n) is 8.82. The zero-order chi connectivity index (χ0) is 18.9. The number of carbonyl (C=O) groups is 1. The van der Waals surface area contributed by atoms with Crippen LogP contribution in [-0.2, 0) is 4.79 Å². The second-order valence-electron chi connectivity index (χ2n) is 7.25. The molecule has 2 heterocycles. The van der Waals surface area contributed by atoms with Crippen LogP contribution in [0.15, 0.2) is 23.3 Å². The highest BCUT2D eigenvalue weighted by Crippen LogP contribution is 2.29. The van der Waals surface area contributed by atoms with Gasteiger partial charge in [0.25, 0.3) is 0 Å². The van der Waals surface area contributed by atoms with E-state index >= 15 is 0 Å². The molecular formula is C18H24Cl2N4O2. The predicted octanol–water partition coefficient (Wildman–Crippen LogP) is 2.87. The molecule has 6 nitrogen and oxygen atoms in total. The standard InChI is InChI=1S/C18H24Cl2N4O2/c1-18(2,23-8-5-13(25)6-9-23)17(26)21-16-7-10-24(22-16)12-3-4-14(19)15(20)11-12/h3-4,11,13,25H,5-10H2,1-2H3,(H,21,22,26). The zero-order valence-electron chi connectivity index (χ0n) is 15.0. The first-order valence-corrected chi connectivity index (χ1v) is 9.57. The summed E-state index contributed by atoms with van der Waals surface area (Å²) in [6.45, 7) is 5.91. The predicted molar refractivity (Wildman–Crippen MR) is 105 cm³/mol. The van der Waals surface area contributed by atoms with E-state index in [4.69, 9.17) is 23.2 Å². The number of amides is 1. The Hall–Kier alpha value is -1.34. The van der Waals surface area contributed by atoms with E-state index in [9.17, 15) is 9.90 Å². The Kier molecular flexibility index (Phi) is 5.77. The van der Waals surface area contributed by atoms with Crippen molar-refractivity contribution < 1.29 is 9.90 Å². The van der Waals surface area contributed by atoms with Gasteiger partial charge in [0.2, 0.25) is 5.91 Å². The fraction of sp³-hybridized carbons (Fsp3) is 0.556. The van der Waals surface area contributed by atoms with Gasteiger partial charge in [-0.25, -0.2) is 0 Å². The van der Waals surface area contributed by atoms with Crippen LogP contribution >= 0.6 is 23.2 Å². The van der Waals surface area contributed by atoms with Gasteiger partial charge in [-0.15, -0.1) is 0 Å². The molecule has 142 valence electrons. The Morgan fingerprint density at radius 3 is 2.58 bits per heavy atom. The van der Waals surface area contributed by atoms with Gasteiger partial charge >= 0.3 is 0 Å². The molecule has 0 atom stereocenters. The second kappa shape index (κ2) is 7.72. The molecule has 2 N–H and O–H groups in total. The van der Waals surface area contributed by atoms with E-state index in [0.717, 1.165) is 5.69 Å². The third kappa shape index (κ3) is 4.14. The molecule has 1 saturated heterocycles. The van der Waals surface area contributed by atoms with E-state index in [1.807, 2.05) is 24.9 Å². The zero-order valence-corrected chi connectivity index (χ0v) is 16.5. The fourth-order valence-corrected chi connectivity index (χ4v) is 3.52. The lowest BCUT2D eigenvalue weighted by Gasteiger charge is -2.40. The molecule has 0 aliphatic carbocycles. The van der Waals surface area contributed by atoms with Gasteiger partial charge in [0, 0.05) is 26.1 Å². The van der Waals surface area contributed by atoms with Crippen LogP contribution in [0.3, 0.4) is 0 Å². The van der Waals surface area contributed by atoms with E-state index in [0.29, 0.717) is 54.8 Å². The minimum absolute atomic E-state index is 0.0800. The summed E-state index contributed by atoms with van der Waals surface area (Å²) in [7, 11) is 0. The molecule has 0 spiro atoms. The molecule has 1 fully saturated rings. The van der Waals surface area contributed by atoms with Crippen molar-refractivity contribution in [2.75, 3.05) is 24.6 Å². The van der Waals surface area contributed by atoms with E-state index < -0.39 is 5.54 Å². The van der Waals surface area contributed by atoms with Crippen molar-refractivity contribution in [2.45, 2.75) is 44.8 Å². The first-order chi connectivity index (χ1) is 12.3. The summed E-state index contributed by atoms with van der Waals surface area (Å²) in [5, 5.41) is 19.9. The summed E-state index contributed by atoms with van der Waals surface area (Å²) in [6.07, 6.45) is 1.79. The van der Waals surface area contributed by atoms with E-state index in [2.05, 4.69) is 15.3 Å². The van der Waals surface area contributed by atoms with Crippen molar-refractivity contribution in [1.82, 2.24) is 10.2 Å². The number of carbonyl (C=O) groups excluding carboxylic acids is 1. The Bertz CT molecular complexity index is 715. The van der Waals surface area contributed by atoms with E-state index in [-0.39, 0.29) is 12.0 Å². The number of hydrogen-bond donors (Lipinski definition) is 2. The first kappa shape index (κ1) is 19.4. The van der Waals surface area contributed by atoms with Crippen LogP contribution in [0, 0.1) is 0 Å². The Morgan fingerprint density at radius 2 is 1.92 bits per heavy atom. The Morgan fingerprint density at radius 1 is 1.23 bits per heavy atom. The molecule has 1 aromatic carbocycles. The molecule has 1 aromatic rings. The quantitative estimate of drug-likeness (QED) is 0.820. The number of likely N-dealkylation sites (tertiary alicyclic amines) is 1. The largest absolute Gasteiger partial charge is 0.393 e. The molecular weight excluding hydrogens is 375 g/mol. The topological polar surface area (TPSA) is 68.2 Å². The van der Waals surface area contributed by atoms with Crippen molar-refractivity contribution in [3.63, 3.8) is 0 Å². The number of benzene rings is 1. The summed E-state index contributed by atoms with van der Waals surface area (Å²) < 4.78 is 0. The number of rotatable bonds is 3. The summed E-state index contributed by atoms with van der Waals surface area (Å²) in [4.78, 5) is 14.9. The Labute approximate surface area is 163 Å². The highest BCUT2D eigenvalue weighted by molar-refractivity contribution is 6.42. The van der Waals surface area contributed by atoms with Crippen LogP contribution in [-0.4, -0.2) is 53.0 Å². The summed E-state index contributed by atoms with van der Waals surface area (Å²) in [6, 6.07) is 5.35. The molecule has 8 heteroatoms. The summed E-state index contributed by atoms with van der Waals surface area (Å²) >= 11 is 12.0. The van der Waals surface area contributed by atoms with Gasteiger partial charge in [-0.2, -0.15) is 5.10 Å². The minimum Gasteiger partial charge on any atom is -0.393 e. The highest BCUT2D eigenvalue weighted by Gasteiger charge is 2.37. The fourth-order valence-electron chi connectivity index (χ4n) is 3.23. The average Bonchev–Trinajstić information content (AvgIpc) is 3.06. The SMILES string of the molecule is CC(C)(C(=O)NC1=NN(c2ccc(Cl)c(Cl)c2)CC1)N1CCC(O)CC1. The maximum atomic E-state index is 12.8. The van der Waals surface area contributed by atoms with Crippen LogP contribution < -0.4 is 10.3 Å². The van der Waals surface area contributed by atoms with Gasteiger partial charge < -0.3 is 10.4 Å². The number of aliphatic hydroxyl groups excluding tert-OH is 1. The number of anilines is 1. The van der Waals surface area contributed by atoms with Gasteiger partial charge in [0.05, 0.1) is 27.4 Å². The lowest BCUT2D eigenvalue weighted by molar-refractivity contribution is -0.131. The van der Waals surface area contributed by atoms with Crippen molar-refractivity contribution in [1.29, 1.82) is 0 Å². The monoisotopic (exact) mass is 398 g/mol. The highest BCUT2D eigenvalue weighted by atomic mass is 35.5. The van der Waals surface area contributed by atoms with Crippen molar-refractivity contribution in [2.24, 2.45) is 5.10 Å². The van der Waals surface area contributed by atoms with Crippen LogP contribution in [0.1, 0.15) is 33.1 Å². The molecule has 0 radical (unpaired) electrons. The van der Waals surface area contributed by atoms with Gasteiger partial charge in [0.15, 0.2) is 0 Å². The van der Waals surface area contributed by atoms with Gasteiger partial charge in [-0.3, -0.25) is 14.7 Å². The Balaban J connectivity index is 1.64. The molecule has 3 rings (SSSR count). The minimum atomic E-state index is -0.653. The number of hydrazone groups is 1. The molecule has 0 unspecified atom stereocenters. The molecule has 2 aliphatic heterocycles. The second-order valence-corrected chi connectivity index (χ2v) is 8.06. The molecule has 0 bridgehead atoms. The molecule has 2 aliphatic rings. The van der Waals surface area contributed by atoms with Crippen LogP contribution in [0.5, 0.6) is 0 Å². The van der Waals surface area contributed by atoms with Crippen LogP contribution in [0.4, 0.5) is 5.69 Å². The van der Waals surface area contributed by atoms with Gasteiger partial charge in [-0.1, -0.05) is 23.2 Å². The van der Waals surface area contributed by atoms with Crippen molar-refractivity contribution >= 4 is 40.6 Å². The molecule has 0 saturated carbocycles. The van der Waals surface area contributed by atoms with Crippen molar-refractivity contribution in [3.8, 4) is 0 Å². The summed E-state index contributed by atoms with van der Waals surface area (Å²) in [5.74, 6) is 0.565. The van der Waals surface area contributed by atoms with E-state index in [1.165, 1.54) is 0 Å². The van der Waals surface area contributed by atoms with E-state index in [1.54, 1.807) is 12.1 Å². The number of aliphatic hydroxyl groups is 1. The van der Waals surface area contributed by atoms with Crippen LogP contribution in [0.25, 0.3) is 0 Å². The lowest BCUT2D eigenvalue weighted by Crippen LogP contribution is -2.58. The number of nitrogens with one attached hydrogen (secondary N) is 1. The maximum absolute atomic E-state index is 12.8. The number of amidine groups is 1. The molecule has 1 amide bonds.